The van der Waals surface area contributed by atoms with Crippen LogP contribution >= 0.6 is 0 Å². The van der Waals surface area contributed by atoms with Gasteiger partial charge in [-0.2, -0.15) is 0 Å². The molecule has 0 saturated carbocycles. The number of hydrogen-bond acceptors (Lipinski definition) is 3. The monoisotopic (exact) mass is 298 g/mol. The Labute approximate surface area is 131 Å². The summed E-state index contributed by atoms with van der Waals surface area (Å²) in [4.78, 5) is 12.1. The van der Waals surface area contributed by atoms with E-state index in [1.807, 2.05) is 55.5 Å². The molecule has 0 atom stereocenters. The van der Waals surface area contributed by atoms with Gasteiger partial charge < -0.3 is 15.4 Å². The van der Waals surface area contributed by atoms with Gasteiger partial charge in [0.25, 0.3) is 5.91 Å². The summed E-state index contributed by atoms with van der Waals surface area (Å²) in [5.74, 6) is -0.0965. The molecule has 0 radical (unpaired) electrons. The maximum atomic E-state index is 12.1. The van der Waals surface area contributed by atoms with Crippen molar-refractivity contribution in [1.29, 1.82) is 0 Å². The molecule has 1 amide bonds. The molecule has 0 unspecified atom stereocenters. The molecule has 2 aromatic rings. The Hall–Kier alpha value is -2.33. The summed E-state index contributed by atoms with van der Waals surface area (Å²) in [5.41, 5.74) is 3.62. The first-order chi connectivity index (χ1) is 10.7. The Balaban J connectivity index is 1.88. The van der Waals surface area contributed by atoms with Crippen LogP contribution in [0.15, 0.2) is 48.5 Å². The van der Waals surface area contributed by atoms with Crippen LogP contribution in [0.2, 0.25) is 0 Å². The lowest BCUT2D eigenvalue weighted by molar-refractivity contribution is 0.102. The van der Waals surface area contributed by atoms with Gasteiger partial charge >= 0.3 is 0 Å². The minimum atomic E-state index is -0.0965. The normalized spacial score (nSPS) is 10.3. The molecule has 0 aliphatic carbocycles. The van der Waals surface area contributed by atoms with E-state index in [1.54, 1.807) is 7.11 Å². The highest BCUT2D eigenvalue weighted by Gasteiger charge is 2.05. The molecule has 0 aliphatic heterocycles. The van der Waals surface area contributed by atoms with Crippen LogP contribution in [0.4, 0.5) is 11.4 Å². The number of methoxy groups -OCH3 is 1. The second-order valence-corrected chi connectivity index (χ2v) is 5.17. The van der Waals surface area contributed by atoms with Crippen LogP contribution in [0, 0.1) is 6.92 Å². The molecule has 2 aromatic carbocycles. The van der Waals surface area contributed by atoms with Crippen molar-refractivity contribution in [2.75, 3.05) is 30.9 Å². The number of nitrogens with one attached hydrogen (secondary N) is 2. The van der Waals surface area contributed by atoms with Crippen molar-refractivity contribution >= 4 is 17.3 Å². The largest absolute Gasteiger partial charge is 0.385 e. The molecule has 2 rings (SSSR count). The standard InChI is InChI=1S/C18H22N2O2/c1-14-4-6-15(7-5-14)18(21)20-17-10-8-16(9-11-17)19-12-3-13-22-2/h4-11,19H,3,12-13H2,1-2H3,(H,20,21). The third kappa shape index (κ3) is 4.90. The lowest BCUT2D eigenvalue weighted by Gasteiger charge is -2.09. The summed E-state index contributed by atoms with van der Waals surface area (Å²) in [6.45, 7) is 3.61. The molecule has 0 saturated heterocycles. The number of aryl methyl sites for hydroxylation is 1. The number of anilines is 2. The minimum absolute atomic E-state index is 0.0965. The molecule has 4 heteroatoms. The predicted molar refractivity (Wildman–Crippen MR) is 90.6 cm³/mol. The minimum Gasteiger partial charge on any atom is -0.385 e. The van der Waals surface area contributed by atoms with Gasteiger partial charge in [0.1, 0.15) is 0 Å². The highest BCUT2D eigenvalue weighted by atomic mass is 16.5. The molecule has 0 aromatic heterocycles. The Kier molecular flexibility index (Phi) is 5.98. The third-order valence-electron chi connectivity index (χ3n) is 3.31. The van der Waals surface area contributed by atoms with Gasteiger partial charge in [0.05, 0.1) is 0 Å². The van der Waals surface area contributed by atoms with Crippen molar-refractivity contribution in [2.24, 2.45) is 0 Å². The number of hydrogen-bond donors (Lipinski definition) is 2. The summed E-state index contributed by atoms with van der Waals surface area (Å²) < 4.78 is 5.00. The molecule has 0 fully saturated rings. The Morgan fingerprint density at radius 3 is 2.27 bits per heavy atom. The number of rotatable bonds is 7. The van der Waals surface area contributed by atoms with Gasteiger partial charge in [0.15, 0.2) is 0 Å². The summed E-state index contributed by atoms with van der Waals surface area (Å²) in [6.07, 6.45) is 0.961. The van der Waals surface area contributed by atoms with Crippen LogP contribution in [-0.4, -0.2) is 26.2 Å². The summed E-state index contributed by atoms with van der Waals surface area (Å²) in [7, 11) is 1.70. The molecule has 0 spiro atoms. The zero-order valence-corrected chi connectivity index (χ0v) is 13.1. The van der Waals surface area contributed by atoms with Crippen molar-refractivity contribution in [2.45, 2.75) is 13.3 Å². The van der Waals surface area contributed by atoms with Gasteiger partial charge in [0.2, 0.25) is 0 Å². The number of carbonyl (C=O) groups excluding carboxylic acids is 1. The topological polar surface area (TPSA) is 50.4 Å². The first-order valence-corrected chi connectivity index (χ1v) is 7.40. The van der Waals surface area contributed by atoms with E-state index < -0.39 is 0 Å². The predicted octanol–water partition coefficient (Wildman–Crippen LogP) is 3.70. The highest BCUT2D eigenvalue weighted by Crippen LogP contribution is 2.15. The van der Waals surface area contributed by atoms with E-state index in [0.717, 1.165) is 36.5 Å². The van der Waals surface area contributed by atoms with Crippen molar-refractivity contribution in [3.63, 3.8) is 0 Å². The lowest BCUT2D eigenvalue weighted by atomic mass is 10.1. The number of benzene rings is 2. The fraction of sp³-hybridized carbons (Fsp3) is 0.278. The van der Waals surface area contributed by atoms with Crippen molar-refractivity contribution in [1.82, 2.24) is 0 Å². The Morgan fingerprint density at radius 1 is 1.00 bits per heavy atom. The van der Waals surface area contributed by atoms with E-state index in [1.165, 1.54) is 0 Å². The molecular weight excluding hydrogens is 276 g/mol. The van der Waals surface area contributed by atoms with E-state index in [4.69, 9.17) is 4.74 Å². The van der Waals surface area contributed by atoms with Crippen molar-refractivity contribution in [3.05, 3.63) is 59.7 Å². The maximum Gasteiger partial charge on any atom is 0.255 e. The first kappa shape index (κ1) is 16.0. The van der Waals surface area contributed by atoms with Crippen LogP contribution in [0.5, 0.6) is 0 Å². The lowest BCUT2D eigenvalue weighted by Crippen LogP contribution is -2.11. The van der Waals surface area contributed by atoms with E-state index in [0.29, 0.717) is 5.56 Å². The van der Waals surface area contributed by atoms with Gasteiger partial charge in [0, 0.05) is 37.2 Å². The van der Waals surface area contributed by atoms with E-state index in [-0.39, 0.29) is 5.91 Å². The zero-order valence-electron chi connectivity index (χ0n) is 13.1. The van der Waals surface area contributed by atoms with Crippen LogP contribution < -0.4 is 10.6 Å². The molecule has 4 nitrogen and oxygen atoms in total. The SMILES string of the molecule is COCCCNc1ccc(NC(=O)c2ccc(C)cc2)cc1. The molecule has 0 bridgehead atoms. The van der Waals surface area contributed by atoms with Gasteiger partial charge in [-0.05, 0) is 49.7 Å². The number of carbonyl (C=O) groups is 1. The van der Waals surface area contributed by atoms with Gasteiger partial charge in [-0.25, -0.2) is 0 Å². The van der Waals surface area contributed by atoms with Gasteiger partial charge in [-0.1, -0.05) is 17.7 Å². The Morgan fingerprint density at radius 2 is 1.64 bits per heavy atom. The Bertz CT molecular complexity index is 591. The van der Waals surface area contributed by atoms with Crippen LogP contribution in [0.3, 0.4) is 0 Å². The fourth-order valence-corrected chi connectivity index (χ4v) is 2.03. The van der Waals surface area contributed by atoms with Gasteiger partial charge in [-0.3, -0.25) is 4.79 Å². The highest BCUT2D eigenvalue weighted by molar-refractivity contribution is 6.04. The van der Waals surface area contributed by atoms with E-state index in [2.05, 4.69) is 10.6 Å². The average Bonchev–Trinajstić information content (AvgIpc) is 2.54. The summed E-state index contributed by atoms with van der Waals surface area (Å²) in [6, 6.07) is 15.2. The average molecular weight is 298 g/mol. The van der Waals surface area contributed by atoms with Crippen LogP contribution in [-0.2, 0) is 4.74 Å². The maximum absolute atomic E-state index is 12.1. The van der Waals surface area contributed by atoms with Gasteiger partial charge in [-0.15, -0.1) is 0 Å². The number of ether oxygens (including phenoxy) is 1. The van der Waals surface area contributed by atoms with E-state index in [9.17, 15) is 4.79 Å². The second kappa shape index (κ2) is 8.20. The first-order valence-electron chi connectivity index (χ1n) is 7.40. The smallest absolute Gasteiger partial charge is 0.255 e. The molecule has 0 heterocycles. The summed E-state index contributed by atoms with van der Waals surface area (Å²) >= 11 is 0. The quantitative estimate of drug-likeness (QED) is 0.766. The van der Waals surface area contributed by atoms with Crippen molar-refractivity contribution in [3.8, 4) is 0 Å². The van der Waals surface area contributed by atoms with Crippen LogP contribution in [0.1, 0.15) is 22.3 Å². The molecule has 2 N–H and O–H groups in total. The van der Waals surface area contributed by atoms with Crippen LogP contribution in [0.25, 0.3) is 0 Å². The fourth-order valence-electron chi connectivity index (χ4n) is 2.03. The zero-order chi connectivity index (χ0) is 15.8. The van der Waals surface area contributed by atoms with Crippen molar-refractivity contribution < 1.29 is 9.53 Å². The molecule has 22 heavy (non-hydrogen) atoms. The molecule has 116 valence electrons. The molecule has 0 aliphatic rings. The molecular formula is C18H22N2O2. The second-order valence-electron chi connectivity index (χ2n) is 5.17. The van der Waals surface area contributed by atoms with E-state index >= 15 is 0 Å². The number of amides is 1. The summed E-state index contributed by atoms with van der Waals surface area (Å²) in [5, 5.41) is 6.20. The third-order valence-corrected chi connectivity index (χ3v) is 3.31.